The minimum atomic E-state index is -0.650. The van der Waals surface area contributed by atoms with E-state index in [-0.39, 0.29) is 29.9 Å². The Bertz CT molecular complexity index is 896. The first kappa shape index (κ1) is 21.3. The van der Waals surface area contributed by atoms with Gasteiger partial charge in [-0.15, -0.1) is 0 Å². The third kappa shape index (κ3) is 5.15. The van der Waals surface area contributed by atoms with Crippen LogP contribution in [-0.4, -0.2) is 70.6 Å². The summed E-state index contributed by atoms with van der Waals surface area (Å²) in [6.07, 6.45) is 1.35. The van der Waals surface area contributed by atoms with Gasteiger partial charge in [-0.1, -0.05) is 0 Å². The Labute approximate surface area is 175 Å². The molecule has 1 aromatic carbocycles. The molecule has 1 aliphatic heterocycles. The zero-order chi connectivity index (χ0) is 21.7. The summed E-state index contributed by atoms with van der Waals surface area (Å²) in [5, 5.41) is 15.3. The van der Waals surface area contributed by atoms with Crippen molar-refractivity contribution in [2.75, 3.05) is 48.3 Å². The van der Waals surface area contributed by atoms with E-state index >= 15 is 0 Å². The molecule has 30 heavy (non-hydrogen) atoms. The van der Waals surface area contributed by atoms with Gasteiger partial charge in [0.25, 0.3) is 5.91 Å². The van der Waals surface area contributed by atoms with E-state index in [1.165, 1.54) is 6.20 Å². The summed E-state index contributed by atoms with van der Waals surface area (Å²) in [5.41, 5.74) is 7.40. The van der Waals surface area contributed by atoms with Gasteiger partial charge in [0.15, 0.2) is 0 Å². The van der Waals surface area contributed by atoms with Crippen LogP contribution in [-0.2, 0) is 4.79 Å². The van der Waals surface area contributed by atoms with Crippen molar-refractivity contribution in [2.24, 2.45) is 5.73 Å². The zero-order valence-corrected chi connectivity index (χ0v) is 17.1. The number of rotatable bonds is 7. The molecule has 0 radical (unpaired) electrons. The van der Waals surface area contributed by atoms with Crippen LogP contribution in [0.25, 0.3) is 0 Å². The number of carbonyl (C=O) groups excluding carboxylic acids is 2. The standard InChI is InChI=1S/C20H27N7O3/c1-13(12-28)23-19-17(18(21)30)11-22-20(25-19)24-15-3-5-16(6-4-15)27-9-7-26(8-10-27)14(2)29/h3-6,11,13,28H,7-10,12H2,1-2H3,(H2,21,30)(H2,22,23,24,25). The van der Waals surface area contributed by atoms with Gasteiger partial charge < -0.3 is 31.3 Å². The minimum Gasteiger partial charge on any atom is -0.394 e. The van der Waals surface area contributed by atoms with Crippen molar-refractivity contribution in [3.8, 4) is 0 Å². The average Bonchev–Trinajstić information content (AvgIpc) is 2.74. The number of nitrogens with zero attached hydrogens (tertiary/aromatic N) is 4. The second kappa shape index (κ2) is 9.40. The molecule has 2 amide bonds. The van der Waals surface area contributed by atoms with Gasteiger partial charge in [-0.25, -0.2) is 4.98 Å². The van der Waals surface area contributed by atoms with Crippen LogP contribution in [0.3, 0.4) is 0 Å². The number of anilines is 4. The van der Waals surface area contributed by atoms with E-state index < -0.39 is 5.91 Å². The summed E-state index contributed by atoms with van der Waals surface area (Å²) < 4.78 is 0. The van der Waals surface area contributed by atoms with Crippen molar-refractivity contribution in [2.45, 2.75) is 19.9 Å². The molecule has 1 fully saturated rings. The van der Waals surface area contributed by atoms with E-state index in [9.17, 15) is 14.7 Å². The molecule has 1 saturated heterocycles. The number of hydrogen-bond donors (Lipinski definition) is 4. The van der Waals surface area contributed by atoms with Crippen LogP contribution in [0, 0.1) is 0 Å². The second-order valence-electron chi connectivity index (χ2n) is 7.21. The van der Waals surface area contributed by atoms with Gasteiger partial charge in [0.1, 0.15) is 5.82 Å². The normalized spacial score (nSPS) is 14.9. The Morgan fingerprint density at radius 1 is 1.20 bits per heavy atom. The molecular weight excluding hydrogens is 386 g/mol. The highest BCUT2D eigenvalue weighted by Crippen LogP contribution is 2.22. The molecule has 160 valence electrons. The molecule has 1 aromatic heterocycles. The highest BCUT2D eigenvalue weighted by atomic mass is 16.3. The van der Waals surface area contributed by atoms with E-state index in [0.29, 0.717) is 5.95 Å². The number of nitrogens with one attached hydrogen (secondary N) is 2. The van der Waals surface area contributed by atoms with Gasteiger partial charge >= 0.3 is 0 Å². The van der Waals surface area contributed by atoms with Crippen LogP contribution in [0.2, 0.25) is 0 Å². The molecule has 10 heteroatoms. The van der Waals surface area contributed by atoms with E-state index in [1.807, 2.05) is 29.2 Å². The number of carbonyl (C=O) groups is 2. The molecule has 0 spiro atoms. The second-order valence-corrected chi connectivity index (χ2v) is 7.21. The predicted octanol–water partition coefficient (Wildman–Crippen LogP) is 0.780. The van der Waals surface area contributed by atoms with E-state index in [0.717, 1.165) is 37.6 Å². The monoisotopic (exact) mass is 413 g/mol. The Balaban J connectivity index is 1.68. The molecule has 0 bridgehead atoms. The van der Waals surface area contributed by atoms with Gasteiger partial charge in [0.05, 0.1) is 12.2 Å². The lowest BCUT2D eigenvalue weighted by Crippen LogP contribution is -2.48. The number of primary amides is 1. The Hall–Kier alpha value is -3.40. The van der Waals surface area contributed by atoms with Gasteiger partial charge in [-0.05, 0) is 31.2 Å². The first-order chi connectivity index (χ1) is 14.4. The van der Waals surface area contributed by atoms with Crippen molar-refractivity contribution < 1.29 is 14.7 Å². The Kier molecular flexibility index (Phi) is 6.68. The maximum atomic E-state index is 11.6. The van der Waals surface area contributed by atoms with Crippen molar-refractivity contribution in [1.82, 2.24) is 14.9 Å². The van der Waals surface area contributed by atoms with E-state index in [2.05, 4.69) is 25.5 Å². The van der Waals surface area contributed by atoms with Crippen molar-refractivity contribution in [3.63, 3.8) is 0 Å². The molecule has 5 N–H and O–H groups in total. The quantitative estimate of drug-likeness (QED) is 0.523. The van der Waals surface area contributed by atoms with Crippen molar-refractivity contribution >= 4 is 35.0 Å². The maximum Gasteiger partial charge on any atom is 0.254 e. The third-order valence-electron chi connectivity index (χ3n) is 4.92. The maximum absolute atomic E-state index is 11.6. The molecule has 0 aliphatic carbocycles. The lowest BCUT2D eigenvalue weighted by Gasteiger charge is -2.35. The first-order valence-corrected chi connectivity index (χ1v) is 9.79. The number of piperazine rings is 1. The van der Waals surface area contributed by atoms with Crippen LogP contribution in [0.15, 0.2) is 30.5 Å². The number of aromatic nitrogens is 2. The fourth-order valence-electron chi connectivity index (χ4n) is 3.18. The Morgan fingerprint density at radius 3 is 2.43 bits per heavy atom. The van der Waals surface area contributed by atoms with Crippen LogP contribution in [0.4, 0.5) is 23.1 Å². The summed E-state index contributed by atoms with van der Waals surface area (Å²) in [6, 6.07) is 7.53. The number of hydrogen-bond acceptors (Lipinski definition) is 8. The lowest BCUT2D eigenvalue weighted by molar-refractivity contribution is -0.129. The SMILES string of the molecule is CC(=O)N1CCN(c2ccc(Nc3ncc(C(N)=O)c(NC(C)CO)n3)cc2)CC1. The summed E-state index contributed by atoms with van der Waals surface area (Å²) in [6.45, 7) is 6.26. The van der Waals surface area contributed by atoms with Gasteiger partial charge in [0.2, 0.25) is 11.9 Å². The average molecular weight is 413 g/mol. The molecule has 1 aliphatic rings. The Morgan fingerprint density at radius 2 is 1.87 bits per heavy atom. The van der Waals surface area contributed by atoms with Crippen molar-refractivity contribution in [3.05, 3.63) is 36.0 Å². The first-order valence-electron chi connectivity index (χ1n) is 9.79. The molecule has 1 unspecified atom stereocenters. The highest BCUT2D eigenvalue weighted by molar-refractivity contribution is 5.97. The zero-order valence-electron chi connectivity index (χ0n) is 17.1. The predicted molar refractivity (Wildman–Crippen MR) is 115 cm³/mol. The molecule has 2 aromatic rings. The smallest absolute Gasteiger partial charge is 0.254 e. The summed E-state index contributed by atoms with van der Waals surface area (Å²) in [5.74, 6) is 0.0270. The molecule has 1 atom stereocenters. The molecule has 2 heterocycles. The fraction of sp³-hybridized carbons (Fsp3) is 0.400. The lowest BCUT2D eigenvalue weighted by atomic mass is 10.2. The number of amides is 2. The van der Waals surface area contributed by atoms with Gasteiger partial charge in [0, 0.05) is 56.7 Å². The van der Waals surface area contributed by atoms with Crippen LogP contribution in [0.1, 0.15) is 24.2 Å². The number of nitrogens with two attached hydrogens (primary N) is 1. The minimum absolute atomic E-state index is 0.110. The molecular formula is C20H27N7O3. The summed E-state index contributed by atoms with van der Waals surface area (Å²) in [7, 11) is 0. The van der Waals surface area contributed by atoms with Crippen LogP contribution >= 0.6 is 0 Å². The largest absolute Gasteiger partial charge is 0.394 e. The third-order valence-corrected chi connectivity index (χ3v) is 4.92. The fourth-order valence-corrected chi connectivity index (χ4v) is 3.18. The van der Waals surface area contributed by atoms with Crippen LogP contribution in [0.5, 0.6) is 0 Å². The molecule has 0 saturated carbocycles. The molecule has 10 nitrogen and oxygen atoms in total. The number of benzene rings is 1. The molecule has 3 rings (SSSR count). The van der Waals surface area contributed by atoms with Gasteiger partial charge in [-0.3, -0.25) is 9.59 Å². The van der Waals surface area contributed by atoms with Crippen molar-refractivity contribution in [1.29, 1.82) is 0 Å². The summed E-state index contributed by atoms with van der Waals surface area (Å²) in [4.78, 5) is 35.6. The highest BCUT2D eigenvalue weighted by Gasteiger charge is 2.19. The summed E-state index contributed by atoms with van der Waals surface area (Å²) >= 11 is 0. The van der Waals surface area contributed by atoms with Crippen LogP contribution < -0.4 is 21.3 Å². The van der Waals surface area contributed by atoms with E-state index in [4.69, 9.17) is 5.73 Å². The number of aliphatic hydroxyl groups is 1. The topological polar surface area (TPSA) is 137 Å². The van der Waals surface area contributed by atoms with E-state index in [1.54, 1.807) is 13.8 Å². The number of aliphatic hydroxyl groups excluding tert-OH is 1. The van der Waals surface area contributed by atoms with Gasteiger partial charge in [-0.2, -0.15) is 4.98 Å².